The first kappa shape index (κ1) is 15.9. The zero-order valence-corrected chi connectivity index (χ0v) is 13.8. The number of aromatic amines is 1. The number of aromatic hydroxyl groups is 1. The number of para-hydroxylation sites is 2. The van der Waals surface area contributed by atoms with Crippen molar-refractivity contribution < 1.29 is 9.84 Å². The van der Waals surface area contributed by atoms with E-state index in [1.807, 2.05) is 37.3 Å². The third-order valence-corrected chi connectivity index (χ3v) is 3.59. The number of H-pyrrole nitrogens is 1. The van der Waals surface area contributed by atoms with Crippen molar-refractivity contribution in [1.29, 1.82) is 0 Å². The maximum Gasteiger partial charge on any atom is 0.216 e. The highest BCUT2D eigenvalue weighted by atomic mass is 32.1. The zero-order valence-electron chi connectivity index (χ0n) is 13.0. The summed E-state index contributed by atoms with van der Waals surface area (Å²) in [6.45, 7) is 2.47. The van der Waals surface area contributed by atoms with Gasteiger partial charge in [-0.3, -0.25) is 0 Å². The van der Waals surface area contributed by atoms with Gasteiger partial charge in [-0.25, -0.2) is 5.10 Å². The standard InChI is InChI=1S/C17H16N4O2S/c1-2-23-15-10-6-4-8-13(15)16-19-20-17(24)21(16)18-11-12-7-3-5-9-14(12)22/h3-11,22H,2H2,1H3,(H,20,24)/b18-11-. The van der Waals surface area contributed by atoms with E-state index in [0.717, 1.165) is 5.56 Å². The van der Waals surface area contributed by atoms with Gasteiger partial charge in [0.2, 0.25) is 4.77 Å². The van der Waals surface area contributed by atoms with Crippen LogP contribution in [0.3, 0.4) is 0 Å². The Labute approximate surface area is 144 Å². The first-order chi connectivity index (χ1) is 11.7. The summed E-state index contributed by atoms with van der Waals surface area (Å²) in [5, 5.41) is 21.2. The van der Waals surface area contributed by atoms with Gasteiger partial charge in [-0.15, -0.1) is 0 Å². The normalized spacial score (nSPS) is 11.0. The lowest BCUT2D eigenvalue weighted by molar-refractivity contribution is 0.341. The van der Waals surface area contributed by atoms with Crippen LogP contribution >= 0.6 is 12.2 Å². The maximum atomic E-state index is 9.84. The second-order valence-corrected chi connectivity index (χ2v) is 5.28. The Balaban J connectivity index is 2.05. The molecule has 0 fully saturated rings. The predicted molar refractivity (Wildman–Crippen MR) is 95.1 cm³/mol. The second-order valence-electron chi connectivity index (χ2n) is 4.90. The van der Waals surface area contributed by atoms with Crippen LogP contribution < -0.4 is 4.74 Å². The third kappa shape index (κ3) is 3.21. The Morgan fingerprint density at radius 3 is 2.79 bits per heavy atom. The van der Waals surface area contributed by atoms with Crippen LogP contribution in [0, 0.1) is 4.77 Å². The van der Waals surface area contributed by atoms with Crippen molar-refractivity contribution in [3.05, 3.63) is 58.9 Å². The minimum atomic E-state index is 0.146. The van der Waals surface area contributed by atoms with E-state index in [4.69, 9.17) is 17.0 Å². The van der Waals surface area contributed by atoms with Gasteiger partial charge in [-0.1, -0.05) is 24.3 Å². The molecule has 1 aromatic heterocycles. The molecule has 0 aliphatic heterocycles. The molecule has 0 aliphatic rings. The Bertz CT molecular complexity index is 930. The summed E-state index contributed by atoms with van der Waals surface area (Å²) >= 11 is 5.26. The molecule has 3 rings (SSSR count). The molecule has 0 aliphatic carbocycles. The van der Waals surface area contributed by atoms with E-state index in [2.05, 4.69) is 15.3 Å². The van der Waals surface area contributed by atoms with Gasteiger partial charge in [-0.05, 0) is 43.4 Å². The summed E-state index contributed by atoms with van der Waals surface area (Å²) in [5.74, 6) is 1.39. The van der Waals surface area contributed by atoms with Crippen LogP contribution in [0.1, 0.15) is 12.5 Å². The summed E-state index contributed by atoms with van der Waals surface area (Å²) in [6.07, 6.45) is 1.54. The van der Waals surface area contributed by atoms with Crippen LogP contribution in [0.25, 0.3) is 11.4 Å². The topological polar surface area (TPSA) is 75.4 Å². The van der Waals surface area contributed by atoms with E-state index in [1.165, 1.54) is 10.9 Å². The number of rotatable bonds is 5. The molecular weight excluding hydrogens is 324 g/mol. The quantitative estimate of drug-likeness (QED) is 0.550. The molecule has 0 saturated carbocycles. The molecule has 0 radical (unpaired) electrons. The van der Waals surface area contributed by atoms with E-state index in [0.29, 0.717) is 28.5 Å². The first-order valence-electron chi connectivity index (χ1n) is 7.42. The Hall–Kier alpha value is -2.93. The van der Waals surface area contributed by atoms with Crippen molar-refractivity contribution in [3.63, 3.8) is 0 Å². The van der Waals surface area contributed by atoms with Crippen LogP contribution in [0.4, 0.5) is 0 Å². The van der Waals surface area contributed by atoms with Gasteiger partial charge >= 0.3 is 0 Å². The number of hydrogen-bond donors (Lipinski definition) is 2. The minimum absolute atomic E-state index is 0.146. The lowest BCUT2D eigenvalue weighted by Crippen LogP contribution is -1.99. The Morgan fingerprint density at radius 1 is 1.25 bits per heavy atom. The molecule has 2 aromatic carbocycles. The van der Waals surface area contributed by atoms with Crippen molar-refractivity contribution >= 4 is 18.4 Å². The molecule has 6 nitrogen and oxygen atoms in total. The maximum absolute atomic E-state index is 9.84. The van der Waals surface area contributed by atoms with E-state index in [1.54, 1.807) is 18.2 Å². The van der Waals surface area contributed by atoms with Gasteiger partial charge in [-0.2, -0.15) is 14.9 Å². The number of aromatic nitrogens is 3. The molecule has 24 heavy (non-hydrogen) atoms. The van der Waals surface area contributed by atoms with Crippen LogP contribution in [0.15, 0.2) is 53.6 Å². The molecule has 0 saturated heterocycles. The molecule has 7 heteroatoms. The number of hydrogen-bond acceptors (Lipinski definition) is 5. The van der Waals surface area contributed by atoms with Crippen molar-refractivity contribution in [2.45, 2.75) is 6.92 Å². The van der Waals surface area contributed by atoms with Gasteiger partial charge in [0.05, 0.1) is 18.4 Å². The van der Waals surface area contributed by atoms with E-state index in [9.17, 15) is 5.11 Å². The molecule has 0 unspecified atom stereocenters. The number of phenols is 1. The van der Waals surface area contributed by atoms with Gasteiger partial charge in [0.15, 0.2) is 5.82 Å². The molecule has 0 spiro atoms. The largest absolute Gasteiger partial charge is 0.507 e. The summed E-state index contributed by atoms with van der Waals surface area (Å²) < 4.78 is 7.49. The number of nitrogens with zero attached hydrogens (tertiary/aromatic N) is 3. The van der Waals surface area contributed by atoms with E-state index >= 15 is 0 Å². The smallest absolute Gasteiger partial charge is 0.216 e. The highest BCUT2D eigenvalue weighted by Crippen LogP contribution is 2.28. The summed E-state index contributed by atoms with van der Waals surface area (Å²) in [7, 11) is 0. The minimum Gasteiger partial charge on any atom is -0.507 e. The van der Waals surface area contributed by atoms with Crippen LogP contribution in [-0.4, -0.2) is 32.8 Å². The fourth-order valence-electron chi connectivity index (χ4n) is 2.22. The average Bonchev–Trinajstić information content (AvgIpc) is 2.96. The highest BCUT2D eigenvalue weighted by Gasteiger charge is 2.13. The van der Waals surface area contributed by atoms with Gasteiger partial charge < -0.3 is 9.84 Å². The number of phenolic OH excluding ortho intramolecular Hbond substituents is 1. The number of ether oxygens (including phenoxy) is 1. The molecule has 3 aromatic rings. The fraction of sp³-hybridized carbons (Fsp3) is 0.118. The number of nitrogens with one attached hydrogen (secondary N) is 1. The number of benzene rings is 2. The van der Waals surface area contributed by atoms with Crippen molar-refractivity contribution in [2.24, 2.45) is 5.10 Å². The molecule has 2 N–H and O–H groups in total. The molecule has 0 atom stereocenters. The van der Waals surface area contributed by atoms with Gasteiger partial charge in [0.25, 0.3) is 0 Å². The van der Waals surface area contributed by atoms with E-state index in [-0.39, 0.29) is 5.75 Å². The lowest BCUT2D eigenvalue weighted by atomic mass is 10.2. The van der Waals surface area contributed by atoms with Gasteiger partial charge in [0, 0.05) is 5.56 Å². The molecule has 0 bridgehead atoms. The zero-order chi connectivity index (χ0) is 16.9. The van der Waals surface area contributed by atoms with E-state index < -0.39 is 0 Å². The molecule has 122 valence electrons. The SMILES string of the molecule is CCOc1ccccc1-c1n[nH]c(=S)n1/N=C\c1ccccc1O. The summed E-state index contributed by atoms with van der Waals surface area (Å²) in [6, 6.07) is 14.5. The highest BCUT2D eigenvalue weighted by molar-refractivity contribution is 7.71. The monoisotopic (exact) mass is 340 g/mol. The van der Waals surface area contributed by atoms with Crippen LogP contribution in [0.2, 0.25) is 0 Å². The third-order valence-electron chi connectivity index (χ3n) is 3.33. The van der Waals surface area contributed by atoms with Gasteiger partial charge in [0.1, 0.15) is 11.5 Å². The second kappa shape index (κ2) is 7.10. The predicted octanol–water partition coefficient (Wildman–Crippen LogP) is 3.59. The molecular formula is C17H16N4O2S. The van der Waals surface area contributed by atoms with Crippen molar-refractivity contribution in [1.82, 2.24) is 14.9 Å². The van der Waals surface area contributed by atoms with Crippen LogP contribution in [0.5, 0.6) is 11.5 Å². The van der Waals surface area contributed by atoms with Crippen molar-refractivity contribution in [2.75, 3.05) is 6.61 Å². The summed E-state index contributed by atoms with van der Waals surface area (Å²) in [5.41, 5.74) is 1.37. The Morgan fingerprint density at radius 2 is 2.00 bits per heavy atom. The first-order valence-corrected chi connectivity index (χ1v) is 7.83. The average molecular weight is 340 g/mol. The lowest BCUT2D eigenvalue weighted by Gasteiger charge is -2.08. The summed E-state index contributed by atoms with van der Waals surface area (Å²) in [4.78, 5) is 0. The molecule has 1 heterocycles. The molecule has 0 amide bonds. The van der Waals surface area contributed by atoms with Crippen molar-refractivity contribution in [3.8, 4) is 22.9 Å². The fourth-order valence-corrected chi connectivity index (χ4v) is 2.40. The van der Waals surface area contributed by atoms with Crippen LogP contribution in [-0.2, 0) is 0 Å². The Kier molecular flexibility index (Phi) is 4.72.